The summed E-state index contributed by atoms with van der Waals surface area (Å²) < 4.78 is 0. The molecule has 2 rings (SSSR count). The van der Waals surface area contributed by atoms with Crippen LogP contribution >= 0.6 is 0 Å². The van der Waals surface area contributed by atoms with Crippen molar-refractivity contribution in [3.8, 4) is 0 Å². The van der Waals surface area contributed by atoms with Crippen molar-refractivity contribution in [1.82, 2.24) is 9.80 Å². The fourth-order valence-corrected chi connectivity index (χ4v) is 3.67. The summed E-state index contributed by atoms with van der Waals surface area (Å²) in [5.74, 6) is 0. The van der Waals surface area contributed by atoms with Gasteiger partial charge in [-0.15, -0.1) is 6.58 Å². The van der Waals surface area contributed by atoms with Crippen molar-refractivity contribution in [2.75, 3.05) is 32.7 Å². The molecule has 0 bridgehead atoms. The first kappa shape index (κ1) is 15.1. The van der Waals surface area contributed by atoms with Gasteiger partial charge >= 0.3 is 0 Å². The Hall–Kier alpha value is -0.340. The maximum Gasteiger partial charge on any atom is 0.0161 e. The van der Waals surface area contributed by atoms with Crippen LogP contribution in [0.2, 0.25) is 0 Å². The van der Waals surface area contributed by atoms with Crippen molar-refractivity contribution in [2.45, 2.75) is 63.8 Å². The molecule has 0 amide bonds. The van der Waals surface area contributed by atoms with Gasteiger partial charge in [0, 0.05) is 25.7 Å². The normalized spacial score (nSPS) is 26.1. The van der Waals surface area contributed by atoms with Gasteiger partial charge in [0.2, 0.25) is 0 Å². The molecule has 1 aliphatic heterocycles. The van der Waals surface area contributed by atoms with Gasteiger partial charge in [-0.05, 0) is 38.8 Å². The molecule has 2 aliphatic rings. The Morgan fingerprint density at radius 3 is 2.21 bits per heavy atom. The SMILES string of the molecule is C=CCN1CCCCN(C2CCCCCCC2)CC1. The van der Waals surface area contributed by atoms with Gasteiger partial charge in [0.1, 0.15) is 0 Å². The fourth-order valence-electron chi connectivity index (χ4n) is 3.67. The smallest absolute Gasteiger partial charge is 0.0161 e. The van der Waals surface area contributed by atoms with Crippen molar-refractivity contribution in [3.63, 3.8) is 0 Å². The molecular weight excluding hydrogens is 232 g/mol. The summed E-state index contributed by atoms with van der Waals surface area (Å²) in [6.07, 6.45) is 15.0. The molecule has 2 fully saturated rings. The lowest BCUT2D eigenvalue weighted by Gasteiger charge is -2.36. The monoisotopic (exact) mass is 264 g/mol. The molecule has 0 atom stereocenters. The predicted molar refractivity (Wildman–Crippen MR) is 83.6 cm³/mol. The Balaban J connectivity index is 1.84. The number of hydrogen-bond donors (Lipinski definition) is 0. The van der Waals surface area contributed by atoms with Gasteiger partial charge in [0.05, 0.1) is 0 Å². The van der Waals surface area contributed by atoms with Crippen LogP contribution in [-0.2, 0) is 0 Å². The third-order valence-electron chi connectivity index (χ3n) is 4.85. The molecule has 1 saturated heterocycles. The molecule has 19 heavy (non-hydrogen) atoms. The Kier molecular flexibility index (Phi) is 6.94. The van der Waals surface area contributed by atoms with E-state index >= 15 is 0 Å². The van der Waals surface area contributed by atoms with E-state index in [9.17, 15) is 0 Å². The summed E-state index contributed by atoms with van der Waals surface area (Å²) in [4.78, 5) is 5.38. The molecule has 0 radical (unpaired) electrons. The van der Waals surface area contributed by atoms with E-state index in [1.807, 2.05) is 0 Å². The molecular formula is C17H32N2. The highest BCUT2D eigenvalue weighted by atomic mass is 15.2. The third kappa shape index (κ3) is 5.27. The van der Waals surface area contributed by atoms with E-state index in [0.29, 0.717) is 0 Å². The highest BCUT2D eigenvalue weighted by molar-refractivity contribution is 4.80. The van der Waals surface area contributed by atoms with Gasteiger partial charge in [-0.2, -0.15) is 0 Å². The first-order valence-electron chi connectivity index (χ1n) is 8.47. The molecule has 0 unspecified atom stereocenters. The molecule has 110 valence electrons. The average molecular weight is 264 g/mol. The molecule has 0 aromatic heterocycles. The topological polar surface area (TPSA) is 6.48 Å². The highest BCUT2D eigenvalue weighted by Crippen LogP contribution is 2.22. The lowest BCUT2D eigenvalue weighted by atomic mass is 9.95. The second-order valence-corrected chi connectivity index (χ2v) is 6.33. The number of hydrogen-bond acceptors (Lipinski definition) is 2. The highest BCUT2D eigenvalue weighted by Gasteiger charge is 2.21. The van der Waals surface area contributed by atoms with E-state index < -0.39 is 0 Å². The second-order valence-electron chi connectivity index (χ2n) is 6.33. The quantitative estimate of drug-likeness (QED) is 0.717. The van der Waals surface area contributed by atoms with Crippen molar-refractivity contribution >= 4 is 0 Å². The lowest BCUT2D eigenvalue weighted by molar-refractivity contribution is 0.124. The van der Waals surface area contributed by atoms with E-state index in [0.717, 1.165) is 12.6 Å². The van der Waals surface area contributed by atoms with Gasteiger partial charge in [0.15, 0.2) is 0 Å². The second kappa shape index (κ2) is 8.76. The van der Waals surface area contributed by atoms with Crippen molar-refractivity contribution in [1.29, 1.82) is 0 Å². The van der Waals surface area contributed by atoms with Crippen molar-refractivity contribution < 1.29 is 0 Å². The van der Waals surface area contributed by atoms with Crippen molar-refractivity contribution in [3.05, 3.63) is 12.7 Å². The predicted octanol–water partition coefficient (Wildman–Crippen LogP) is 3.68. The first-order valence-corrected chi connectivity index (χ1v) is 8.47. The summed E-state index contributed by atoms with van der Waals surface area (Å²) >= 11 is 0. The van der Waals surface area contributed by atoms with Crippen LogP contribution in [0.4, 0.5) is 0 Å². The molecule has 1 saturated carbocycles. The molecule has 1 heterocycles. The lowest BCUT2D eigenvalue weighted by Crippen LogP contribution is -2.44. The Labute approximate surface area is 119 Å². The van der Waals surface area contributed by atoms with Gasteiger partial charge < -0.3 is 0 Å². The number of rotatable bonds is 3. The molecule has 2 heteroatoms. The average Bonchev–Trinajstić information content (AvgIpc) is 2.34. The van der Waals surface area contributed by atoms with Crippen LogP contribution in [0, 0.1) is 0 Å². The third-order valence-corrected chi connectivity index (χ3v) is 4.85. The van der Waals surface area contributed by atoms with E-state index in [4.69, 9.17) is 0 Å². The number of nitrogens with zero attached hydrogens (tertiary/aromatic N) is 2. The zero-order valence-corrected chi connectivity index (χ0v) is 12.7. The standard InChI is InChI=1S/C17H32N2/c1-2-12-18-13-8-9-14-19(16-15-18)17-10-6-4-3-5-7-11-17/h2,17H,1,3-16H2. The minimum absolute atomic E-state index is 0.879. The molecule has 0 aromatic carbocycles. The first-order chi connectivity index (χ1) is 9.40. The van der Waals surface area contributed by atoms with Crippen LogP contribution in [0.15, 0.2) is 12.7 Å². The minimum atomic E-state index is 0.879. The minimum Gasteiger partial charge on any atom is -0.299 e. The summed E-state index contributed by atoms with van der Waals surface area (Å²) in [6.45, 7) is 10.1. The zero-order chi connectivity index (χ0) is 13.3. The summed E-state index contributed by atoms with van der Waals surface area (Å²) in [6, 6.07) is 0.879. The van der Waals surface area contributed by atoms with E-state index in [2.05, 4.69) is 22.5 Å². The van der Waals surface area contributed by atoms with E-state index in [-0.39, 0.29) is 0 Å². The van der Waals surface area contributed by atoms with Gasteiger partial charge in [-0.1, -0.05) is 38.2 Å². The molecule has 2 nitrogen and oxygen atoms in total. The van der Waals surface area contributed by atoms with Crippen LogP contribution in [-0.4, -0.2) is 48.6 Å². The molecule has 0 spiro atoms. The molecule has 1 aliphatic carbocycles. The summed E-state index contributed by atoms with van der Waals surface area (Å²) in [5, 5.41) is 0. The largest absolute Gasteiger partial charge is 0.299 e. The van der Waals surface area contributed by atoms with E-state index in [1.54, 1.807) is 0 Å². The van der Waals surface area contributed by atoms with Gasteiger partial charge in [-0.3, -0.25) is 9.80 Å². The van der Waals surface area contributed by atoms with Crippen LogP contribution in [0.3, 0.4) is 0 Å². The Bertz CT molecular complexity index is 244. The molecule has 0 aromatic rings. The maximum absolute atomic E-state index is 3.89. The van der Waals surface area contributed by atoms with Crippen molar-refractivity contribution in [2.24, 2.45) is 0 Å². The maximum atomic E-state index is 3.89. The van der Waals surface area contributed by atoms with E-state index in [1.165, 1.54) is 84.0 Å². The van der Waals surface area contributed by atoms with Gasteiger partial charge in [-0.25, -0.2) is 0 Å². The Morgan fingerprint density at radius 2 is 1.47 bits per heavy atom. The molecule has 0 N–H and O–H groups in total. The van der Waals surface area contributed by atoms with Crippen LogP contribution in [0.5, 0.6) is 0 Å². The van der Waals surface area contributed by atoms with Gasteiger partial charge in [0.25, 0.3) is 0 Å². The van der Waals surface area contributed by atoms with Crippen LogP contribution in [0.25, 0.3) is 0 Å². The van der Waals surface area contributed by atoms with Crippen LogP contribution in [0.1, 0.15) is 57.8 Å². The summed E-state index contributed by atoms with van der Waals surface area (Å²) in [5.41, 5.74) is 0. The summed E-state index contributed by atoms with van der Waals surface area (Å²) in [7, 11) is 0. The Morgan fingerprint density at radius 1 is 0.789 bits per heavy atom. The van der Waals surface area contributed by atoms with Crippen LogP contribution < -0.4 is 0 Å². The fraction of sp³-hybridized carbons (Fsp3) is 0.882. The zero-order valence-electron chi connectivity index (χ0n) is 12.7.